The van der Waals surface area contributed by atoms with Gasteiger partial charge < -0.3 is 15.0 Å². The van der Waals surface area contributed by atoms with Crippen LogP contribution in [0.2, 0.25) is 0 Å². The lowest BCUT2D eigenvalue weighted by Crippen LogP contribution is -2.50. The van der Waals surface area contributed by atoms with E-state index in [9.17, 15) is 22.8 Å². The molecule has 9 heteroatoms. The van der Waals surface area contributed by atoms with E-state index in [1.807, 2.05) is 0 Å². The highest BCUT2D eigenvalue weighted by atomic mass is 79.9. The van der Waals surface area contributed by atoms with E-state index in [4.69, 9.17) is 4.74 Å². The third kappa shape index (κ3) is 6.12. The zero-order chi connectivity index (χ0) is 20.4. The third-order valence-corrected chi connectivity index (χ3v) is 4.65. The molecule has 0 saturated carbocycles. The second-order valence-electron chi connectivity index (χ2n) is 7.43. The van der Waals surface area contributed by atoms with Crippen molar-refractivity contribution < 1.29 is 27.5 Å². The highest BCUT2D eigenvalue weighted by molar-refractivity contribution is 9.10. The van der Waals surface area contributed by atoms with Gasteiger partial charge in [0.05, 0.1) is 11.1 Å². The van der Waals surface area contributed by atoms with E-state index >= 15 is 0 Å². The minimum Gasteiger partial charge on any atom is -0.444 e. The highest BCUT2D eigenvalue weighted by Gasteiger charge is 2.33. The van der Waals surface area contributed by atoms with Gasteiger partial charge in [0.1, 0.15) is 5.60 Å². The Bertz CT molecular complexity index is 717. The van der Waals surface area contributed by atoms with E-state index < -0.39 is 29.3 Å². The average Bonchev–Trinajstić information content (AvgIpc) is 2.52. The van der Waals surface area contributed by atoms with Crippen molar-refractivity contribution in [1.82, 2.24) is 10.2 Å². The van der Waals surface area contributed by atoms with Crippen LogP contribution in [0.1, 0.15) is 49.5 Å². The van der Waals surface area contributed by atoms with E-state index in [0.717, 1.165) is 12.1 Å². The van der Waals surface area contributed by atoms with Gasteiger partial charge in [-0.3, -0.25) is 4.79 Å². The van der Waals surface area contributed by atoms with Crippen molar-refractivity contribution in [2.45, 2.75) is 51.4 Å². The summed E-state index contributed by atoms with van der Waals surface area (Å²) in [6, 6.07) is 2.67. The Labute approximate surface area is 164 Å². The molecule has 0 aliphatic carbocycles. The number of piperidine rings is 1. The molecule has 5 nitrogen and oxygen atoms in total. The fraction of sp³-hybridized carbons (Fsp3) is 0.556. The fourth-order valence-corrected chi connectivity index (χ4v) is 3.21. The van der Waals surface area contributed by atoms with Crippen LogP contribution in [0.3, 0.4) is 0 Å². The number of hydrogen-bond donors (Lipinski definition) is 1. The van der Waals surface area contributed by atoms with E-state index in [0.29, 0.717) is 23.9 Å². The summed E-state index contributed by atoms with van der Waals surface area (Å²) in [6.45, 7) is 5.85. The number of halogens is 4. The zero-order valence-electron chi connectivity index (χ0n) is 15.3. The van der Waals surface area contributed by atoms with Gasteiger partial charge in [-0.1, -0.05) is 0 Å². The number of carbonyl (C=O) groups excluding carboxylic acids is 2. The Morgan fingerprint density at radius 3 is 2.52 bits per heavy atom. The normalized spacial score (nSPS) is 18.2. The minimum absolute atomic E-state index is 0.0530. The van der Waals surface area contributed by atoms with Crippen LogP contribution >= 0.6 is 15.9 Å². The quantitative estimate of drug-likeness (QED) is 0.716. The van der Waals surface area contributed by atoms with Gasteiger partial charge in [0.25, 0.3) is 5.91 Å². The molecule has 1 aliphatic heterocycles. The Kier molecular flexibility index (Phi) is 6.44. The van der Waals surface area contributed by atoms with Crippen molar-refractivity contribution in [3.63, 3.8) is 0 Å². The number of rotatable bonds is 2. The Hall–Kier alpha value is -1.77. The molecule has 1 fully saturated rings. The number of carbonyl (C=O) groups is 2. The molecule has 150 valence electrons. The second-order valence-corrected chi connectivity index (χ2v) is 8.28. The molecular formula is C18H22BrF3N2O3. The van der Waals surface area contributed by atoms with Gasteiger partial charge in [0, 0.05) is 23.6 Å². The van der Waals surface area contributed by atoms with Crippen LogP contribution < -0.4 is 5.32 Å². The summed E-state index contributed by atoms with van der Waals surface area (Å²) in [5.41, 5.74) is -1.57. The smallest absolute Gasteiger partial charge is 0.416 e. The Morgan fingerprint density at radius 1 is 1.26 bits per heavy atom. The molecule has 1 heterocycles. The standard InChI is InChI=1S/C18H22BrF3N2O3/c1-17(2,3)27-16(26)23-12-5-4-8-24(10-12)15(25)13-9-11(18(20,21)22)6-7-14(13)19/h6-7,9,12H,4-5,8,10H2,1-3H3,(H,23,26). The van der Waals surface area contributed by atoms with Crippen LogP contribution in [0.15, 0.2) is 22.7 Å². The SMILES string of the molecule is CC(C)(C)OC(=O)NC1CCCN(C(=O)c2cc(C(F)(F)F)ccc2Br)C1. The molecule has 1 N–H and O–H groups in total. The van der Waals surface area contributed by atoms with E-state index in [1.54, 1.807) is 20.8 Å². The number of nitrogens with one attached hydrogen (secondary N) is 1. The molecule has 0 radical (unpaired) electrons. The second kappa shape index (κ2) is 8.08. The molecular weight excluding hydrogens is 429 g/mol. The molecule has 27 heavy (non-hydrogen) atoms. The fourth-order valence-electron chi connectivity index (χ4n) is 2.79. The van der Waals surface area contributed by atoms with Crippen LogP contribution in [-0.4, -0.2) is 41.6 Å². The van der Waals surface area contributed by atoms with Crippen molar-refractivity contribution in [2.75, 3.05) is 13.1 Å². The zero-order valence-corrected chi connectivity index (χ0v) is 16.9. The van der Waals surface area contributed by atoms with Gasteiger partial charge in [-0.15, -0.1) is 0 Å². The van der Waals surface area contributed by atoms with Gasteiger partial charge >= 0.3 is 12.3 Å². The van der Waals surface area contributed by atoms with Gasteiger partial charge in [-0.05, 0) is 67.7 Å². The maximum atomic E-state index is 12.9. The topological polar surface area (TPSA) is 58.6 Å². The summed E-state index contributed by atoms with van der Waals surface area (Å²) in [7, 11) is 0. The van der Waals surface area contributed by atoms with Crippen molar-refractivity contribution in [3.05, 3.63) is 33.8 Å². The lowest BCUT2D eigenvalue weighted by Gasteiger charge is -2.34. The number of amides is 2. The summed E-state index contributed by atoms with van der Waals surface area (Å²) >= 11 is 3.15. The van der Waals surface area contributed by atoms with Crippen LogP contribution in [0.4, 0.5) is 18.0 Å². The van der Waals surface area contributed by atoms with Gasteiger partial charge in [-0.25, -0.2) is 4.79 Å². The van der Waals surface area contributed by atoms with Crippen molar-refractivity contribution in [3.8, 4) is 0 Å². The maximum Gasteiger partial charge on any atom is 0.416 e. The molecule has 2 rings (SSSR count). The van der Waals surface area contributed by atoms with Gasteiger partial charge in [0.15, 0.2) is 0 Å². The number of nitrogens with zero attached hydrogens (tertiary/aromatic N) is 1. The summed E-state index contributed by atoms with van der Waals surface area (Å²) < 4.78 is 44.3. The van der Waals surface area contributed by atoms with Crippen LogP contribution in [0.5, 0.6) is 0 Å². The first kappa shape index (κ1) is 21.5. The van der Waals surface area contributed by atoms with Crippen LogP contribution in [0.25, 0.3) is 0 Å². The molecule has 1 unspecified atom stereocenters. The first-order valence-corrected chi connectivity index (χ1v) is 9.31. The number of ether oxygens (including phenoxy) is 1. The number of benzene rings is 1. The van der Waals surface area contributed by atoms with E-state index in [-0.39, 0.29) is 18.2 Å². The van der Waals surface area contributed by atoms with E-state index in [1.165, 1.54) is 11.0 Å². The third-order valence-electron chi connectivity index (χ3n) is 3.95. The predicted octanol–water partition coefficient (Wildman–Crippen LogP) is 4.60. The summed E-state index contributed by atoms with van der Waals surface area (Å²) in [6.07, 6.45) is -3.82. The maximum absolute atomic E-state index is 12.9. The number of alkyl halides is 3. The molecule has 1 aliphatic rings. The van der Waals surface area contributed by atoms with Gasteiger partial charge in [-0.2, -0.15) is 13.2 Å². The Morgan fingerprint density at radius 2 is 1.93 bits per heavy atom. The van der Waals surface area contributed by atoms with Crippen LogP contribution in [-0.2, 0) is 10.9 Å². The van der Waals surface area contributed by atoms with Gasteiger partial charge in [0.2, 0.25) is 0 Å². The van der Waals surface area contributed by atoms with E-state index in [2.05, 4.69) is 21.2 Å². The summed E-state index contributed by atoms with van der Waals surface area (Å²) in [5.74, 6) is -0.510. The number of hydrogen-bond acceptors (Lipinski definition) is 3. The van der Waals surface area contributed by atoms with Crippen molar-refractivity contribution in [1.29, 1.82) is 0 Å². The largest absolute Gasteiger partial charge is 0.444 e. The molecule has 1 aromatic rings. The van der Waals surface area contributed by atoms with Crippen LogP contribution in [0, 0.1) is 0 Å². The first-order valence-electron chi connectivity index (χ1n) is 8.52. The summed E-state index contributed by atoms with van der Waals surface area (Å²) in [4.78, 5) is 26.1. The first-order chi connectivity index (χ1) is 12.4. The highest BCUT2D eigenvalue weighted by Crippen LogP contribution is 2.32. The molecule has 1 atom stereocenters. The lowest BCUT2D eigenvalue weighted by atomic mass is 10.0. The molecule has 0 bridgehead atoms. The molecule has 1 saturated heterocycles. The summed E-state index contributed by atoms with van der Waals surface area (Å²) in [5, 5.41) is 2.72. The molecule has 0 aromatic heterocycles. The average molecular weight is 451 g/mol. The predicted molar refractivity (Wildman–Crippen MR) is 97.4 cm³/mol. The van der Waals surface area contributed by atoms with Crippen molar-refractivity contribution in [2.24, 2.45) is 0 Å². The number of likely N-dealkylation sites (tertiary alicyclic amines) is 1. The molecule has 2 amide bonds. The number of alkyl carbamates (subject to hydrolysis) is 1. The Balaban J connectivity index is 2.10. The molecule has 0 spiro atoms. The lowest BCUT2D eigenvalue weighted by molar-refractivity contribution is -0.137. The minimum atomic E-state index is -4.53. The molecule has 1 aromatic carbocycles. The van der Waals surface area contributed by atoms with Crippen molar-refractivity contribution >= 4 is 27.9 Å². The monoisotopic (exact) mass is 450 g/mol.